The first-order valence-electron chi connectivity index (χ1n) is 10.2. The van der Waals surface area contributed by atoms with E-state index in [4.69, 9.17) is 23.7 Å². The molecule has 0 saturated heterocycles. The minimum absolute atomic E-state index is 0. The Bertz CT molecular complexity index is 852. The van der Waals surface area contributed by atoms with Gasteiger partial charge >= 0.3 is 0 Å². The van der Waals surface area contributed by atoms with Crippen molar-refractivity contribution in [1.82, 2.24) is 10.6 Å². The average Bonchev–Trinajstić information content (AvgIpc) is 2.80. The molecule has 0 fully saturated rings. The van der Waals surface area contributed by atoms with E-state index in [2.05, 4.69) is 15.6 Å². The van der Waals surface area contributed by atoms with Crippen molar-refractivity contribution in [2.75, 3.05) is 41.6 Å². The van der Waals surface area contributed by atoms with Gasteiger partial charge in [0.1, 0.15) is 0 Å². The second-order valence-electron chi connectivity index (χ2n) is 6.50. The van der Waals surface area contributed by atoms with Crippen LogP contribution in [0.25, 0.3) is 0 Å². The van der Waals surface area contributed by atoms with Gasteiger partial charge in [-0.3, -0.25) is 0 Å². The van der Waals surface area contributed by atoms with Crippen LogP contribution < -0.4 is 34.3 Å². The van der Waals surface area contributed by atoms with Gasteiger partial charge in [0.2, 0.25) is 5.75 Å². The summed E-state index contributed by atoms with van der Waals surface area (Å²) < 4.78 is 27.2. The van der Waals surface area contributed by atoms with Gasteiger partial charge < -0.3 is 34.3 Å². The van der Waals surface area contributed by atoms with Crippen molar-refractivity contribution in [2.45, 2.75) is 26.9 Å². The molecule has 0 amide bonds. The number of aliphatic imine (C=N–C) groups is 1. The highest BCUT2D eigenvalue weighted by molar-refractivity contribution is 14.0. The molecule has 178 valence electrons. The first-order valence-corrected chi connectivity index (χ1v) is 10.2. The Morgan fingerprint density at radius 1 is 0.781 bits per heavy atom. The predicted molar refractivity (Wildman–Crippen MR) is 137 cm³/mol. The van der Waals surface area contributed by atoms with Crippen LogP contribution in [-0.4, -0.2) is 47.6 Å². The van der Waals surface area contributed by atoms with Crippen molar-refractivity contribution < 1.29 is 23.7 Å². The Hall–Kier alpha value is -2.56. The Balaban J connectivity index is 0.00000512. The number of halogens is 1. The fourth-order valence-corrected chi connectivity index (χ4v) is 3.02. The molecule has 0 radical (unpaired) electrons. The summed E-state index contributed by atoms with van der Waals surface area (Å²) in [4.78, 5) is 4.68. The third-order valence-corrected chi connectivity index (χ3v) is 4.48. The molecule has 0 atom stereocenters. The molecule has 0 spiro atoms. The molecule has 0 saturated carbocycles. The minimum atomic E-state index is 0. The summed E-state index contributed by atoms with van der Waals surface area (Å²) in [6, 6.07) is 9.66. The molecule has 32 heavy (non-hydrogen) atoms. The molecule has 0 heterocycles. The van der Waals surface area contributed by atoms with Crippen molar-refractivity contribution in [1.29, 1.82) is 0 Å². The fraction of sp³-hybridized carbons (Fsp3) is 0.435. The van der Waals surface area contributed by atoms with Crippen molar-refractivity contribution in [3.8, 4) is 28.7 Å². The van der Waals surface area contributed by atoms with Crippen LogP contribution in [0.1, 0.15) is 25.0 Å². The van der Waals surface area contributed by atoms with Crippen molar-refractivity contribution in [3.05, 3.63) is 41.5 Å². The summed E-state index contributed by atoms with van der Waals surface area (Å²) in [7, 11) is 6.42. The van der Waals surface area contributed by atoms with Crippen molar-refractivity contribution in [2.24, 2.45) is 4.99 Å². The Morgan fingerprint density at radius 2 is 1.41 bits per heavy atom. The molecule has 2 N–H and O–H groups in total. The van der Waals surface area contributed by atoms with Crippen LogP contribution in [0.5, 0.6) is 28.7 Å². The lowest BCUT2D eigenvalue weighted by atomic mass is 10.2. The zero-order valence-electron chi connectivity index (χ0n) is 19.6. The molecule has 2 aromatic rings. The van der Waals surface area contributed by atoms with E-state index in [1.165, 1.54) is 0 Å². The highest BCUT2D eigenvalue weighted by Crippen LogP contribution is 2.38. The summed E-state index contributed by atoms with van der Waals surface area (Å²) >= 11 is 0. The number of hydrogen-bond donors (Lipinski definition) is 2. The van der Waals surface area contributed by atoms with E-state index in [-0.39, 0.29) is 24.0 Å². The molecule has 9 heteroatoms. The molecule has 2 aromatic carbocycles. The molecular formula is C23H34IN3O5. The fourth-order valence-electron chi connectivity index (χ4n) is 3.02. The molecular weight excluding hydrogens is 525 g/mol. The van der Waals surface area contributed by atoms with Gasteiger partial charge in [-0.05, 0) is 49.2 Å². The highest BCUT2D eigenvalue weighted by Gasteiger charge is 2.13. The van der Waals surface area contributed by atoms with E-state index >= 15 is 0 Å². The maximum absolute atomic E-state index is 5.66. The predicted octanol–water partition coefficient (Wildman–Crippen LogP) is 3.99. The van der Waals surface area contributed by atoms with Gasteiger partial charge in [0, 0.05) is 13.1 Å². The van der Waals surface area contributed by atoms with Gasteiger partial charge in [0.25, 0.3) is 0 Å². The number of nitrogens with one attached hydrogen (secondary N) is 2. The number of hydrogen-bond acceptors (Lipinski definition) is 6. The van der Waals surface area contributed by atoms with Crippen LogP contribution in [0.15, 0.2) is 35.3 Å². The lowest BCUT2D eigenvalue weighted by molar-refractivity contribution is 0.310. The van der Waals surface area contributed by atoms with Crippen LogP contribution in [0.2, 0.25) is 0 Å². The van der Waals surface area contributed by atoms with Crippen LogP contribution in [0.3, 0.4) is 0 Å². The van der Waals surface area contributed by atoms with Gasteiger partial charge in [-0.25, -0.2) is 4.99 Å². The summed E-state index contributed by atoms with van der Waals surface area (Å²) in [6.07, 6.45) is 0. The van der Waals surface area contributed by atoms with Gasteiger partial charge in [0.15, 0.2) is 29.0 Å². The standard InChI is InChI=1S/C23H33N3O5.HI/c1-7-24-23(25-14-16-9-10-18(27-3)19(11-16)31-8-2)26-15-17-12-20(28-4)22(30-6)21(13-17)29-5;/h9-13H,7-8,14-15H2,1-6H3,(H2,24,25,26);1H. The van der Waals surface area contributed by atoms with Crippen LogP contribution in [-0.2, 0) is 13.1 Å². The van der Waals surface area contributed by atoms with E-state index in [0.29, 0.717) is 48.7 Å². The van der Waals surface area contributed by atoms with E-state index in [1.807, 2.05) is 44.2 Å². The molecule has 0 aromatic heterocycles. The van der Waals surface area contributed by atoms with Gasteiger partial charge in [0.05, 0.1) is 41.6 Å². The Kier molecular flexibility index (Phi) is 12.4. The number of ether oxygens (including phenoxy) is 5. The molecule has 0 unspecified atom stereocenters. The SMILES string of the molecule is CCNC(=NCc1cc(OC)c(OC)c(OC)c1)NCc1ccc(OC)c(OCC)c1.I. The molecule has 2 rings (SSSR count). The summed E-state index contributed by atoms with van der Waals surface area (Å²) in [5, 5.41) is 6.61. The summed E-state index contributed by atoms with van der Waals surface area (Å²) in [5.41, 5.74) is 2.00. The van der Waals surface area contributed by atoms with Gasteiger partial charge in [-0.15, -0.1) is 24.0 Å². The van der Waals surface area contributed by atoms with Crippen LogP contribution >= 0.6 is 24.0 Å². The van der Waals surface area contributed by atoms with E-state index in [9.17, 15) is 0 Å². The zero-order chi connectivity index (χ0) is 22.6. The summed E-state index contributed by atoms with van der Waals surface area (Å²) in [5.74, 6) is 3.91. The van der Waals surface area contributed by atoms with Crippen LogP contribution in [0, 0.1) is 0 Å². The second-order valence-corrected chi connectivity index (χ2v) is 6.50. The number of methoxy groups -OCH3 is 4. The van der Waals surface area contributed by atoms with Crippen molar-refractivity contribution in [3.63, 3.8) is 0 Å². The number of guanidine groups is 1. The normalized spacial score (nSPS) is 10.6. The number of nitrogens with zero attached hydrogens (tertiary/aromatic N) is 1. The molecule has 0 aliphatic carbocycles. The molecule has 0 aliphatic heterocycles. The maximum atomic E-state index is 5.66. The quantitative estimate of drug-likeness (QED) is 0.245. The smallest absolute Gasteiger partial charge is 0.203 e. The van der Waals surface area contributed by atoms with Gasteiger partial charge in [-0.2, -0.15) is 0 Å². The topological polar surface area (TPSA) is 82.6 Å². The first kappa shape index (κ1) is 27.5. The van der Waals surface area contributed by atoms with Crippen LogP contribution in [0.4, 0.5) is 0 Å². The lowest BCUT2D eigenvalue weighted by Crippen LogP contribution is -2.36. The van der Waals surface area contributed by atoms with E-state index < -0.39 is 0 Å². The average molecular weight is 559 g/mol. The molecule has 8 nitrogen and oxygen atoms in total. The third kappa shape index (κ3) is 7.54. The highest BCUT2D eigenvalue weighted by atomic mass is 127. The van der Waals surface area contributed by atoms with E-state index in [1.54, 1.807) is 28.4 Å². The van der Waals surface area contributed by atoms with E-state index in [0.717, 1.165) is 23.4 Å². The van der Waals surface area contributed by atoms with Gasteiger partial charge in [-0.1, -0.05) is 6.07 Å². The summed E-state index contributed by atoms with van der Waals surface area (Å²) in [6.45, 7) is 6.32. The Morgan fingerprint density at radius 3 is 1.94 bits per heavy atom. The third-order valence-electron chi connectivity index (χ3n) is 4.48. The monoisotopic (exact) mass is 559 g/mol. The zero-order valence-corrected chi connectivity index (χ0v) is 21.9. The first-order chi connectivity index (χ1) is 15.1. The molecule has 0 bridgehead atoms. The second kappa shape index (κ2) is 14.5. The maximum Gasteiger partial charge on any atom is 0.203 e. The Labute approximate surface area is 207 Å². The number of benzene rings is 2. The number of rotatable bonds is 11. The lowest BCUT2D eigenvalue weighted by Gasteiger charge is -2.15. The minimum Gasteiger partial charge on any atom is -0.493 e. The molecule has 0 aliphatic rings. The van der Waals surface area contributed by atoms with Crippen molar-refractivity contribution >= 4 is 29.9 Å². The largest absolute Gasteiger partial charge is 0.493 e.